The molecule has 0 unspecified atom stereocenters. The Bertz CT molecular complexity index is 2300. The molecule has 4 heterocycles. The normalized spacial score (nSPS) is 17.0. The second kappa shape index (κ2) is 19.0. The molecule has 4 atom stereocenters. The number of aromatic amines is 2. The van der Waals surface area contributed by atoms with Crippen LogP contribution in [-0.2, 0) is 31.9 Å². The molecule has 4 amide bonds. The average molecular weight is 835 g/mol. The summed E-state index contributed by atoms with van der Waals surface area (Å²) in [5, 5.41) is 5.21. The highest BCUT2D eigenvalue weighted by atomic mass is 16.6. The van der Waals surface area contributed by atoms with Crippen molar-refractivity contribution in [3.63, 3.8) is 0 Å². The molecule has 0 radical (unpaired) electrons. The van der Waals surface area contributed by atoms with Crippen LogP contribution in [0.1, 0.15) is 60.5 Å². The lowest BCUT2D eigenvalue weighted by Crippen LogP contribution is -2.49. The van der Waals surface area contributed by atoms with E-state index in [2.05, 4.69) is 44.9 Å². The second-order valence-corrected chi connectivity index (χ2v) is 15.6. The van der Waals surface area contributed by atoms with Crippen molar-refractivity contribution in [1.29, 1.82) is 0 Å². The lowest BCUT2D eigenvalue weighted by molar-refractivity contribution is -0.141. The number of aromatic nitrogens is 4. The molecule has 4 N–H and O–H groups in total. The largest absolute Gasteiger partial charge is 0.453 e. The number of carbonyl (C=O) groups excluding carboxylic acids is 4. The number of benzene rings is 4. The Kier molecular flexibility index (Phi) is 12.7. The standard InChI is InChI=1S/C48H50N8O6/c1-49-47(59)62-42(28-32-13-7-4-8-14-32)46(58)56-26-10-16-41(56)44-51-30-39(53-44)36-23-19-34(20-24-36)33-17-21-35(22-18-33)38-29-50-43(52-38)40-15-9-25-55(40)45(57)37(54-48(60)61-2)27-31-11-5-3-6-12-31/h3-8,11-14,17-24,29-30,37,40-42H,9-10,15-16,25-28H2,1-2H3,(H,49,59)(H,50,52)(H,51,53)(H,54,60)/t37-,40+,41+,42-/m1/s1. The summed E-state index contributed by atoms with van der Waals surface area (Å²) in [5.74, 6) is 0.988. The van der Waals surface area contributed by atoms with E-state index in [1.54, 1.807) is 17.3 Å². The van der Waals surface area contributed by atoms with Gasteiger partial charge in [-0.2, -0.15) is 0 Å². The van der Waals surface area contributed by atoms with Gasteiger partial charge in [-0.15, -0.1) is 0 Å². The lowest BCUT2D eigenvalue weighted by Gasteiger charge is -2.28. The van der Waals surface area contributed by atoms with Gasteiger partial charge >= 0.3 is 12.2 Å². The fourth-order valence-corrected chi connectivity index (χ4v) is 8.45. The number of hydrogen-bond donors (Lipinski definition) is 4. The zero-order valence-corrected chi connectivity index (χ0v) is 34.8. The van der Waals surface area contributed by atoms with Crippen LogP contribution >= 0.6 is 0 Å². The molecule has 14 nitrogen and oxygen atoms in total. The Morgan fingerprint density at radius 1 is 0.645 bits per heavy atom. The molecule has 2 aromatic heterocycles. The van der Waals surface area contributed by atoms with E-state index in [9.17, 15) is 19.2 Å². The highest BCUT2D eigenvalue weighted by molar-refractivity contribution is 5.87. The predicted molar refractivity (Wildman–Crippen MR) is 233 cm³/mol. The van der Waals surface area contributed by atoms with Crippen LogP contribution in [0.15, 0.2) is 122 Å². The fraction of sp³-hybridized carbons (Fsp3) is 0.292. The van der Waals surface area contributed by atoms with Gasteiger partial charge in [-0.3, -0.25) is 9.59 Å². The van der Waals surface area contributed by atoms with Crippen molar-refractivity contribution in [3.05, 3.63) is 144 Å². The first-order valence-electron chi connectivity index (χ1n) is 21.0. The van der Waals surface area contributed by atoms with Gasteiger partial charge in [0.05, 0.1) is 43.0 Å². The van der Waals surface area contributed by atoms with E-state index in [0.29, 0.717) is 31.2 Å². The average Bonchev–Trinajstić information content (AvgIpc) is 4.16. The number of nitrogens with zero attached hydrogens (tertiary/aromatic N) is 4. The number of ether oxygens (including phenoxy) is 2. The summed E-state index contributed by atoms with van der Waals surface area (Å²) in [7, 11) is 2.77. The number of alkyl carbamates (subject to hydrolysis) is 2. The first-order chi connectivity index (χ1) is 30.3. The lowest BCUT2D eigenvalue weighted by atomic mass is 10.0. The second-order valence-electron chi connectivity index (χ2n) is 15.6. The van der Waals surface area contributed by atoms with Crippen LogP contribution in [0.5, 0.6) is 0 Å². The number of methoxy groups -OCH3 is 1. The van der Waals surface area contributed by atoms with Crippen LogP contribution in [0.3, 0.4) is 0 Å². The highest BCUT2D eigenvalue weighted by Crippen LogP contribution is 2.35. The molecule has 8 rings (SSSR count). The highest BCUT2D eigenvalue weighted by Gasteiger charge is 2.38. The molecular formula is C48H50N8O6. The SMILES string of the molecule is CNC(=O)O[C@H](Cc1ccccc1)C(=O)N1CCC[C@H]1c1ncc(-c2ccc(-c3ccc(-c4cnc([C@@H]5CCCN5C(=O)[C@@H](Cc5ccccc5)NC(=O)OC)[nH]4)cc3)cc2)[nH]1. The van der Waals surface area contributed by atoms with Crippen molar-refractivity contribution in [2.75, 3.05) is 27.2 Å². The van der Waals surface area contributed by atoms with E-state index in [-0.39, 0.29) is 30.3 Å². The topological polar surface area (TPSA) is 175 Å². The van der Waals surface area contributed by atoms with E-state index >= 15 is 0 Å². The van der Waals surface area contributed by atoms with Gasteiger partial charge in [-0.05, 0) is 59.1 Å². The minimum atomic E-state index is -0.964. The number of rotatable bonds is 13. The van der Waals surface area contributed by atoms with Gasteiger partial charge in [-0.25, -0.2) is 19.6 Å². The third kappa shape index (κ3) is 9.39. The Morgan fingerprint density at radius 2 is 1.11 bits per heavy atom. The van der Waals surface area contributed by atoms with Crippen LogP contribution < -0.4 is 10.6 Å². The Hall–Kier alpha value is -7.22. The molecule has 318 valence electrons. The maximum absolute atomic E-state index is 13.9. The van der Waals surface area contributed by atoms with Crippen molar-refractivity contribution < 1.29 is 28.7 Å². The smallest absolute Gasteiger partial charge is 0.407 e. The van der Waals surface area contributed by atoms with Crippen LogP contribution in [-0.4, -0.2) is 93.1 Å². The van der Waals surface area contributed by atoms with E-state index in [4.69, 9.17) is 19.4 Å². The molecule has 2 aliphatic heterocycles. The maximum atomic E-state index is 13.9. The molecule has 14 heteroatoms. The third-order valence-electron chi connectivity index (χ3n) is 11.7. The summed E-state index contributed by atoms with van der Waals surface area (Å²) in [6, 6.07) is 34.3. The van der Waals surface area contributed by atoms with Crippen LogP contribution in [0.25, 0.3) is 33.6 Å². The number of carbonyl (C=O) groups is 4. The number of hydrogen-bond acceptors (Lipinski definition) is 8. The van der Waals surface area contributed by atoms with Crippen molar-refractivity contribution in [2.45, 2.75) is 62.8 Å². The number of H-pyrrole nitrogens is 2. The molecule has 6 aromatic rings. The predicted octanol–water partition coefficient (Wildman–Crippen LogP) is 7.40. The Balaban J connectivity index is 0.913. The molecule has 62 heavy (non-hydrogen) atoms. The number of imidazole rings is 2. The van der Waals surface area contributed by atoms with E-state index in [1.807, 2.05) is 89.8 Å². The first-order valence-corrected chi connectivity index (χ1v) is 21.0. The molecule has 2 saturated heterocycles. The fourth-order valence-electron chi connectivity index (χ4n) is 8.45. The van der Waals surface area contributed by atoms with Gasteiger partial charge < -0.3 is 39.9 Å². The zero-order valence-electron chi connectivity index (χ0n) is 34.8. The quantitative estimate of drug-likeness (QED) is 0.0932. The molecular weight excluding hydrogens is 785 g/mol. The van der Waals surface area contributed by atoms with Gasteiger partial charge in [0.15, 0.2) is 6.10 Å². The van der Waals surface area contributed by atoms with Crippen molar-refractivity contribution in [3.8, 4) is 33.6 Å². The summed E-state index contributed by atoms with van der Waals surface area (Å²) in [4.78, 5) is 72.2. The number of nitrogens with one attached hydrogen (secondary N) is 4. The molecule has 2 aliphatic rings. The van der Waals surface area contributed by atoms with Crippen LogP contribution in [0.2, 0.25) is 0 Å². The number of likely N-dealkylation sites (tertiary alicyclic amines) is 2. The van der Waals surface area contributed by atoms with Crippen molar-refractivity contribution in [2.24, 2.45) is 0 Å². The summed E-state index contributed by atoms with van der Waals surface area (Å²) >= 11 is 0. The minimum absolute atomic E-state index is 0.172. The van der Waals surface area contributed by atoms with Crippen LogP contribution in [0, 0.1) is 0 Å². The molecule has 0 bridgehead atoms. The summed E-state index contributed by atoms with van der Waals surface area (Å²) in [5.41, 5.74) is 7.54. The van der Waals surface area contributed by atoms with Gasteiger partial charge in [0.1, 0.15) is 17.7 Å². The van der Waals surface area contributed by atoms with Crippen molar-refractivity contribution >= 4 is 24.0 Å². The molecule has 2 fully saturated rings. The Labute approximate surface area is 360 Å². The third-order valence-corrected chi connectivity index (χ3v) is 11.7. The molecule has 0 saturated carbocycles. The molecule has 4 aromatic carbocycles. The van der Waals surface area contributed by atoms with E-state index < -0.39 is 24.3 Å². The monoisotopic (exact) mass is 834 g/mol. The summed E-state index contributed by atoms with van der Waals surface area (Å²) in [6.07, 6.45) is 5.10. The molecule has 0 spiro atoms. The number of amides is 4. The van der Waals surface area contributed by atoms with E-state index in [0.717, 1.165) is 70.5 Å². The Morgan fingerprint density at radius 3 is 1.60 bits per heavy atom. The van der Waals surface area contributed by atoms with Gasteiger partial charge in [0, 0.05) is 33.0 Å². The first kappa shape index (κ1) is 41.5. The van der Waals surface area contributed by atoms with E-state index in [1.165, 1.54) is 14.2 Å². The van der Waals surface area contributed by atoms with Gasteiger partial charge in [0.2, 0.25) is 5.91 Å². The summed E-state index contributed by atoms with van der Waals surface area (Å²) in [6.45, 7) is 1.11. The van der Waals surface area contributed by atoms with Crippen molar-refractivity contribution in [1.82, 2.24) is 40.4 Å². The molecule has 0 aliphatic carbocycles. The summed E-state index contributed by atoms with van der Waals surface area (Å²) < 4.78 is 10.4. The zero-order chi connectivity index (χ0) is 43.0. The maximum Gasteiger partial charge on any atom is 0.407 e. The minimum Gasteiger partial charge on any atom is -0.453 e. The van der Waals surface area contributed by atoms with Gasteiger partial charge in [0.25, 0.3) is 5.91 Å². The van der Waals surface area contributed by atoms with Crippen LogP contribution in [0.4, 0.5) is 9.59 Å². The van der Waals surface area contributed by atoms with Gasteiger partial charge in [-0.1, -0.05) is 109 Å².